The van der Waals surface area contributed by atoms with Gasteiger partial charge in [0.1, 0.15) is 11.6 Å². The van der Waals surface area contributed by atoms with E-state index in [2.05, 4.69) is 34.5 Å². The van der Waals surface area contributed by atoms with Crippen LogP contribution < -0.4 is 15.0 Å². The number of ether oxygens (including phenoxy) is 2. The molecule has 0 spiro atoms. The number of hydrogen-bond acceptors (Lipinski definition) is 8. The first kappa shape index (κ1) is 29.7. The van der Waals surface area contributed by atoms with Gasteiger partial charge in [-0.25, -0.2) is 9.78 Å². The molecule has 6 rings (SSSR count). The van der Waals surface area contributed by atoms with Crippen molar-refractivity contribution in [2.24, 2.45) is 0 Å². The molecule has 45 heavy (non-hydrogen) atoms. The fourth-order valence-electron chi connectivity index (χ4n) is 5.04. The highest BCUT2D eigenvalue weighted by Gasteiger charge is 2.18. The van der Waals surface area contributed by atoms with Crippen molar-refractivity contribution < 1.29 is 14.3 Å². The molecule has 224 valence electrons. The number of hydrogen-bond donors (Lipinski definition) is 1. The maximum absolute atomic E-state index is 12.4. The highest BCUT2D eigenvalue weighted by molar-refractivity contribution is 7.99. The molecular weight excluding hydrogens is 580 g/mol. The van der Waals surface area contributed by atoms with Crippen LogP contribution in [0, 0.1) is 0 Å². The zero-order valence-electron chi connectivity index (χ0n) is 25.0. The molecule has 0 bridgehead atoms. The van der Waals surface area contributed by atoms with Gasteiger partial charge in [-0.1, -0.05) is 84.6 Å². The van der Waals surface area contributed by atoms with Crippen LogP contribution in [0.4, 0.5) is 17.5 Å². The van der Waals surface area contributed by atoms with Gasteiger partial charge in [0.25, 0.3) is 0 Å². The quantitative estimate of drug-likeness (QED) is 0.146. The third-order valence-electron chi connectivity index (χ3n) is 7.33. The molecular formula is C37H32N4O3S. The summed E-state index contributed by atoms with van der Waals surface area (Å²) < 4.78 is 10.4. The van der Waals surface area contributed by atoms with Gasteiger partial charge in [-0.3, -0.25) is 0 Å². The topological polar surface area (TPSA) is 76.6 Å². The van der Waals surface area contributed by atoms with E-state index in [4.69, 9.17) is 19.4 Å². The summed E-state index contributed by atoms with van der Waals surface area (Å²) in [5, 5.41) is 4.43. The van der Waals surface area contributed by atoms with E-state index in [0.717, 1.165) is 49.1 Å². The number of nitrogens with zero attached hydrogens (tertiary/aromatic N) is 3. The number of para-hydroxylation sites is 1. The van der Waals surface area contributed by atoms with Crippen molar-refractivity contribution >= 4 is 46.1 Å². The number of aromatic nitrogens is 2. The van der Waals surface area contributed by atoms with Gasteiger partial charge in [-0.15, -0.1) is 0 Å². The van der Waals surface area contributed by atoms with Gasteiger partial charge < -0.3 is 19.7 Å². The second-order valence-electron chi connectivity index (χ2n) is 10.2. The van der Waals surface area contributed by atoms with Crippen LogP contribution in [0.5, 0.6) is 5.75 Å². The van der Waals surface area contributed by atoms with E-state index in [1.54, 1.807) is 13.2 Å². The van der Waals surface area contributed by atoms with Crippen LogP contribution in [0.3, 0.4) is 0 Å². The third kappa shape index (κ3) is 6.92. The van der Waals surface area contributed by atoms with Crippen molar-refractivity contribution in [3.63, 3.8) is 0 Å². The number of methoxy groups -OCH3 is 2. The van der Waals surface area contributed by atoms with Gasteiger partial charge in [0, 0.05) is 34.0 Å². The van der Waals surface area contributed by atoms with Gasteiger partial charge in [-0.2, -0.15) is 4.98 Å². The first-order valence-electron chi connectivity index (χ1n) is 14.5. The molecule has 1 N–H and O–H groups in total. The summed E-state index contributed by atoms with van der Waals surface area (Å²) in [5.74, 6) is 1.75. The predicted molar refractivity (Wildman–Crippen MR) is 180 cm³/mol. The van der Waals surface area contributed by atoms with Gasteiger partial charge in [-0.05, 0) is 65.7 Å². The van der Waals surface area contributed by atoms with Crippen LogP contribution in [-0.2, 0) is 17.8 Å². The molecule has 1 aromatic heterocycles. The van der Waals surface area contributed by atoms with Crippen LogP contribution in [0.1, 0.15) is 21.5 Å². The summed E-state index contributed by atoms with van der Waals surface area (Å²) >= 11 is 1.53. The summed E-state index contributed by atoms with van der Waals surface area (Å²) in [7, 11) is 3.07. The summed E-state index contributed by atoms with van der Waals surface area (Å²) in [6, 6.07) is 42.0. The number of nitrogens with one attached hydrogen (secondary N) is 1. The van der Waals surface area contributed by atoms with Crippen LogP contribution in [0.15, 0.2) is 137 Å². The highest BCUT2D eigenvalue weighted by atomic mass is 32.2. The Kier molecular flexibility index (Phi) is 9.22. The highest BCUT2D eigenvalue weighted by Crippen LogP contribution is 2.35. The minimum atomic E-state index is -0.359. The van der Waals surface area contributed by atoms with E-state index in [0.29, 0.717) is 24.6 Å². The summed E-state index contributed by atoms with van der Waals surface area (Å²) in [6.07, 6.45) is 0. The third-order valence-corrected chi connectivity index (χ3v) is 8.52. The first-order valence-corrected chi connectivity index (χ1v) is 15.3. The zero-order chi connectivity index (χ0) is 31.0. The normalized spacial score (nSPS) is 10.8. The lowest BCUT2D eigenvalue weighted by atomic mass is 10.1. The number of benzene rings is 5. The Labute approximate surface area is 266 Å². The average Bonchev–Trinajstić information content (AvgIpc) is 3.10. The molecule has 1 heterocycles. The molecule has 0 radical (unpaired) electrons. The number of rotatable bonds is 11. The van der Waals surface area contributed by atoms with Crippen molar-refractivity contribution in [1.82, 2.24) is 9.97 Å². The van der Waals surface area contributed by atoms with E-state index in [1.807, 2.05) is 97.1 Å². The molecule has 0 saturated heterocycles. The number of esters is 1. The van der Waals surface area contributed by atoms with Crippen LogP contribution in [0.2, 0.25) is 0 Å². The molecule has 0 amide bonds. The number of anilines is 3. The van der Waals surface area contributed by atoms with Gasteiger partial charge >= 0.3 is 5.97 Å². The molecule has 0 aliphatic heterocycles. The summed E-state index contributed by atoms with van der Waals surface area (Å²) in [4.78, 5) is 26.4. The zero-order valence-corrected chi connectivity index (χ0v) is 25.8. The van der Waals surface area contributed by atoms with E-state index < -0.39 is 0 Å². The Balaban J connectivity index is 1.34. The van der Waals surface area contributed by atoms with Gasteiger partial charge in [0.2, 0.25) is 5.95 Å². The van der Waals surface area contributed by atoms with Crippen LogP contribution in [-0.4, -0.2) is 30.2 Å². The molecule has 6 aromatic rings. The minimum Gasteiger partial charge on any atom is -0.497 e. The Bertz CT molecular complexity index is 1920. The maximum atomic E-state index is 12.4. The van der Waals surface area contributed by atoms with Crippen molar-refractivity contribution in [2.75, 3.05) is 24.4 Å². The molecule has 7 nitrogen and oxygen atoms in total. The molecule has 0 saturated carbocycles. The molecule has 0 aliphatic rings. The van der Waals surface area contributed by atoms with Gasteiger partial charge in [0.15, 0.2) is 0 Å². The van der Waals surface area contributed by atoms with Crippen LogP contribution >= 0.6 is 11.8 Å². The lowest BCUT2D eigenvalue weighted by molar-refractivity contribution is 0.0597. The second kappa shape index (κ2) is 14.0. The Morgan fingerprint density at radius 2 is 1.44 bits per heavy atom. The molecule has 0 atom stereocenters. The summed E-state index contributed by atoms with van der Waals surface area (Å²) in [5.41, 5.74) is 4.57. The molecule has 0 aliphatic carbocycles. The maximum Gasteiger partial charge on any atom is 0.339 e. The second-order valence-corrected chi connectivity index (χ2v) is 11.3. The van der Waals surface area contributed by atoms with Crippen molar-refractivity contribution in [3.05, 3.63) is 144 Å². The van der Waals surface area contributed by atoms with Crippen molar-refractivity contribution in [1.29, 1.82) is 0 Å². The molecule has 0 unspecified atom stereocenters. The molecule has 5 aromatic carbocycles. The molecule has 0 fully saturated rings. The fourth-order valence-corrected chi connectivity index (χ4v) is 6.10. The van der Waals surface area contributed by atoms with Gasteiger partial charge in [0.05, 0.1) is 25.3 Å². The molecule has 8 heteroatoms. The summed E-state index contributed by atoms with van der Waals surface area (Å²) in [6.45, 7) is 1.11. The number of fused-ring (bicyclic) bond motifs is 1. The number of carbonyl (C=O) groups excluding carboxylic acids is 1. The van der Waals surface area contributed by atoms with Crippen molar-refractivity contribution in [3.8, 4) is 5.75 Å². The first-order chi connectivity index (χ1) is 22.1. The lowest BCUT2D eigenvalue weighted by Crippen LogP contribution is -2.19. The monoisotopic (exact) mass is 612 g/mol. The Hall–Kier alpha value is -5.34. The van der Waals surface area contributed by atoms with Crippen molar-refractivity contribution in [2.45, 2.75) is 22.9 Å². The standard InChI is InChI=1S/C37H32N4O3S/c1-43-29-22-20-28(21-23-29)41(25-26-12-4-3-5-13-26)35-30-15-7-9-17-32(30)39-37(40-35)38-24-27-14-6-10-18-33(27)45-34-19-11-8-16-31(34)36(42)44-2/h3-23H,24-25H2,1-2H3,(H,38,39,40). The largest absolute Gasteiger partial charge is 0.497 e. The average molecular weight is 613 g/mol. The smallest absolute Gasteiger partial charge is 0.339 e. The Morgan fingerprint density at radius 3 is 2.22 bits per heavy atom. The van der Waals surface area contributed by atoms with E-state index in [-0.39, 0.29) is 5.97 Å². The number of carbonyl (C=O) groups is 1. The SMILES string of the molecule is COC(=O)c1ccccc1Sc1ccccc1CNc1nc(N(Cc2ccccc2)c2ccc(OC)cc2)c2ccccc2n1. The minimum absolute atomic E-state index is 0.359. The lowest BCUT2D eigenvalue weighted by Gasteiger charge is -2.26. The van der Waals surface area contributed by atoms with Crippen LogP contribution in [0.25, 0.3) is 10.9 Å². The van der Waals surface area contributed by atoms with E-state index in [1.165, 1.54) is 18.9 Å². The Morgan fingerprint density at radius 1 is 0.756 bits per heavy atom. The van der Waals surface area contributed by atoms with E-state index in [9.17, 15) is 4.79 Å². The fraction of sp³-hybridized carbons (Fsp3) is 0.108. The predicted octanol–water partition coefficient (Wildman–Crippen LogP) is 8.53. The van der Waals surface area contributed by atoms with E-state index >= 15 is 0 Å².